The lowest BCUT2D eigenvalue weighted by atomic mass is 10.2. The number of nitrogens with zero attached hydrogens (tertiary/aromatic N) is 2. The Morgan fingerprint density at radius 1 is 1.24 bits per heavy atom. The van der Waals surface area contributed by atoms with Crippen molar-refractivity contribution in [3.8, 4) is 5.75 Å². The molecule has 0 aliphatic carbocycles. The van der Waals surface area contributed by atoms with E-state index in [1.807, 2.05) is 0 Å². The Morgan fingerprint density at radius 3 is 2.62 bits per heavy atom. The molecular formula is C15H14F2N2O2. The zero-order valence-corrected chi connectivity index (χ0v) is 11.4. The molecule has 2 rings (SSSR count). The van der Waals surface area contributed by atoms with E-state index in [0.29, 0.717) is 5.75 Å². The molecule has 21 heavy (non-hydrogen) atoms. The fourth-order valence-corrected chi connectivity index (χ4v) is 1.68. The Kier molecular flexibility index (Phi) is 4.81. The summed E-state index contributed by atoms with van der Waals surface area (Å²) in [7, 11) is 1.54. The summed E-state index contributed by atoms with van der Waals surface area (Å²) in [5, 5.41) is 0. The lowest BCUT2D eigenvalue weighted by Gasteiger charge is -2.17. The summed E-state index contributed by atoms with van der Waals surface area (Å²) in [5.74, 6) is -1.11. The quantitative estimate of drug-likeness (QED) is 0.795. The number of hydrogen-bond acceptors (Lipinski definition) is 3. The Morgan fingerprint density at radius 2 is 1.95 bits per heavy atom. The molecule has 0 unspecified atom stereocenters. The zero-order valence-electron chi connectivity index (χ0n) is 11.4. The number of likely N-dealkylation sites (N-methyl/N-ethyl adjacent to an activating group) is 1. The van der Waals surface area contributed by atoms with Gasteiger partial charge >= 0.3 is 0 Å². The summed E-state index contributed by atoms with van der Waals surface area (Å²) in [4.78, 5) is 16.8. The number of carbonyl (C=O) groups excluding carboxylic acids is 1. The number of aromatic nitrogens is 1. The first-order chi connectivity index (χ1) is 10.1. The van der Waals surface area contributed by atoms with Crippen molar-refractivity contribution >= 4 is 5.91 Å². The average molecular weight is 292 g/mol. The minimum Gasteiger partial charge on any atom is -0.492 e. The maximum Gasteiger partial charge on any atom is 0.258 e. The molecule has 2 aromatic rings. The maximum absolute atomic E-state index is 13.4. The predicted molar refractivity (Wildman–Crippen MR) is 73.1 cm³/mol. The molecule has 0 bridgehead atoms. The largest absolute Gasteiger partial charge is 0.492 e. The number of amides is 1. The molecule has 0 spiro atoms. The van der Waals surface area contributed by atoms with Gasteiger partial charge in [-0.25, -0.2) is 9.37 Å². The Bertz CT molecular complexity index is 617. The Balaban J connectivity index is 1.87. The minimum absolute atomic E-state index is 0.0817. The van der Waals surface area contributed by atoms with Crippen LogP contribution in [-0.4, -0.2) is 36.0 Å². The van der Waals surface area contributed by atoms with Crippen molar-refractivity contribution in [2.45, 2.75) is 0 Å². The van der Waals surface area contributed by atoms with E-state index in [-0.39, 0.29) is 24.5 Å². The van der Waals surface area contributed by atoms with Crippen LogP contribution in [0.1, 0.15) is 10.4 Å². The van der Waals surface area contributed by atoms with Gasteiger partial charge in [0.2, 0.25) is 5.95 Å². The van der Waals surface area contributed by atoms with Crippen molar-refractivity contribution in [3.05, 3.63) is 59.9 Å². The molecule has 4 nitrogen and oxygen atoms in total. The van der Waals surface area contributed by atoms with Crippen molar-refractivity contribution < 1.29 is 18.3 Å². The van der Waals surface area contributed by atoms with Crippen LogP contribution in [0.3, 0.4) is 0 Å². The third kappa shape index (κ3) is 3.98. The van der Waals surface area contributed by atoms with Crippen LogP contribution in [0.25, 0.3) is 0 Å². The normalized spacial score (nSPS) is 10.2. The van der Waals surface area contributed by atoms with Gasteiger partial charge in [0.15, 0.2) is 0 Å². The van der Waals surface area contributed by atoms with Crippen LogP contribution in [0.2, 0.25) is 0 Å². The number of halogens is 2. The van der Waals surface area contributed by atoms with Gasteiger partial charge in [-0.3, -0.25) is 4.79 Å². The smallest absolute Gasteiger partial charge is 0.258 e. The topological polar surface area (TPSA) is 42.4 Å². The number of benzene rings is 1. The third-order valence-corrected chi connectivity index (χ3v) is 2.85. The molecule has 0 radical (unpaired) electrons. The van der Waals surface area contributed by atoms with Crippen molar-refractivity contribution in [2.75, 3.05) is 20.2 Å². The standard InChI is InChI=1S/C15H14F2N2O2/c1-19(15(20)13-3-2-8-18-14(13)17)9-10-21-12-6-4-11(16)5-7-12/h2-8H,9-10H2,1H3. The van der Waals surface area contributed by atoms with Crippen molar-refractivity contribution in [1.29, 1.82) is 0 Å². The van der Waals surface area contributed by atoms with Crippen LogP contribution < -0.4 is 4.74 Å². The van der Waals surface area contributed by atoms with Gasteiger partial charge in [-0.2, -0.15) is 4.39 Å². The molecule has 110 valence electrons. The molecule has 0 fully saturated rings. The first-order valence-corrected chi connectivity index (χ1v) is 6.32. The van der Waals surface area contributed by atoms with Crippen molar-refractivity contribution in [3.63, 3.8) is 0 Å². The summed E-state index contributed by atoms with van der Waals surface area (Å²) in [6.07, 6.45) is 1.28. The van der Waals surface area contributed by atoms with Crippen LogP contribution in [0.5, 0.6) is 5.75 Å². The first-order valence-electron chi connectivity index (χ1n) is 6.32. The number of hydrogen-bond donors (Lipinski definition) is 0. The number of ether oxygens (including phenoxy) is 1. The van der Waals surface area contributed by atoms with E-state index in [4.69, 9.17) is 4.74 Å². The van der Waals surface area contributed by atoms with Gasteiger partial charge < -0.3 is 9.64 Å². The van der Waals surface area contributed by atoms with Gasteiger partial charge in [0.05, 0.1) is 12.1 Å². The highest BCUT2D eigenvalue weighted by atomic mass is 19.1. The summed E-state index contributed by atoms with van der Waals surface area (Å²) in [6.45, 7) is 0.486. The second-order valence-electron chi connectivity index (χ2n) is 4.37. The van der Waals surface area contributed by atoms with E-state index < -0.39 is 11.9 Å². The van der Waals surface area contributed by atoms with Crippen molar-refractivity contribution in [2.24, 2.45) is 0 Å². The zero-order chi connectivity index (χ0) is 15.2. The summed E-state index contributed by atoms with van der Waals surface area (Å²) in [6, 6.07) is 8.45. The Labute approximate surface area is 121 Å². The van der Waals surface area contributed by atoms with E-state index in [1.54, 1.807) is 7.05 Å². The monoisotopic (exact) mass is 292 g/mol. The van der Waals surface area contributed by atoms with E-state index in [0.717, 1.165) is 0 Å². The van der Waals surface area contributed by atoms with E-state index in [2.05, 4.69) is 4.98 Å². The molecular weight excluding hydrogens is 278 g/mol. The molecule has 0 N–H and O–H groups in total. The van der Waals surface area contributed by atoms with Crippen LogP contribution in [-0.2, 0) is 0 Å². The van der Waals surface area contributed by atoms with E-state index in [9.17, 15) is 13.6 Å². The number of pyridine rings is 1. The third-order valence-electron chi connectivity index (χ3n) is 2.85. The molecule has 0 atom stereocenters. The summed E-state index contributed by atoms with van der Waals surface area (Å²) >= 11 is 0. The van der Waals surface area contributed by atoms with Crippen LogP contribution >= 0.6 is 0 Å². The van der Waals surface area contributed by atoms with Gasteiger partial charge in [-0.15, -0.1) is 0 Å². The van der Waals surface area contributed by atoms with E-state index >= 15 is 0 Å². The van der Waals surface area contributed by atoms with Gasteiger partial charge in [0.1, 0.15) is 18.2 Å². The van der Waals surface area contributed by atoms with Crippen LogP contribution in [0, 0.1) is 11.8 Å². The molecule has 1 heterocycles. The molecule has 6 heteroatoms. The van der Waals surface area contributed by atoms with Crippen LogP contribution in [0.15, 0.2) is 42.6 Å². The van der Waals surface area contributed by atoms with Gasteiger partial charge in [-0.1, -0.05) is 0 Å². The number of rotatable bonds is 5. The van der Waals surface area contributed by atoms with E-state index in [1.165, 1.54) is 47.5 Å². The lowest BCUT2D eigenvalue weighted by molar-refractivity contribution is 0.0768. The summed E-state index contributed by atoms with van der Waals surface area (Å²) < 4.78 is 31.5. The maximum atomic E-state index is 13.4. The lowest BCUT2D eigenvalue weighted by Crippen LogP contribution is -2.31. The fourth-order valence-electron chi connectivity index (χ4n) is 1.68. The molecule has 0 saturated carbocycles. The van der Waals surface area contributed by atoms with Gasteiger partial charge in [0, 0.05) is 13.2 Å². The fraction of sp³-hybridized carbons (Fsp3) is 0.200. The second kappa shape index (κ2) is 6.78. The number of carbonyl (C=O) groups is 1. The van der Waals surface area contributed by atoms with Crippen LogP contribution in [0.4, 0.5) is 8.78 Å². The highest BCUT2D eigenvalue weighted by Gasteiger charge is 2.16. The molecule has 0 saturated heterocycles. The molecule has 1 amide bonds. The second-order valence-corrected chi connectivity index (χ2v) is 4.37. The minimum atomic E-state index is -0.797. The van der Waals surface area contributed by atoms with Gasteiger partial charge in [0.25, 0.3) is 5.91 Å². The highest BCUT2D eigenvalue weighted by Crippen LogP contribution is 2.11. The average Bonchev–Trinajstić information content (AvgIpc) is 2.49. The molecule has 0 aliphatic rings. The van der Waals surface area contributed by atoms with Crippen molar-refractivity contribution in [1.82, 2.24) is 9.88 Å². The molecule has 1 aromatic heterocycles. The molecule has 1 aromatic carbocycles. The Hall–Kier alpha value is -2.50. The predicted octanol–water partition coefficient (Wildman–Crippen LogP) is 2.51. The van der Waals surface area contributed by atoms with Gasteiger partial charge in [-0.05, 0) is 36.4 Å². The first kappa shape index (κ1) is 14.9. The SMILES string of the molecule is CN(CCOc1ccc(F)cc1)C(=O)c1cccnc1F. The highest BCUT2D eigenvalue weighted by molar-refractivity contribution is 5.93. The summed E-state index contributed by atoms with van der Waals surface area (Å²) in [5.41, 5.74) is -0.0817. The molecule has 0 aliphatic heterocycles.